The fourth-order valence-electron chi connectivity index (χ4n) is 1.35. The summed E-state index contributed by atoms with van der Waals surface area (Å²) in [7, 11) is -0.0582. The molecule has 5 heteroatoms. The Morgan fingerprint density at radius 1 is 1.29 bits per heavy atom. The number of benzene rings is 1. The van der Waals surface area contributed by atoms with Crippen LogP contribution in [0, 0.1) is 11.7 Å². The molecule has 0 radical (unpaired) electrons. The molecule has 1 aromatic rings. The standard InChI is InChI=1S/C12H15FO3S/c1-8(12(14)16-3)9(2)17(15)11-6-4-10(13)5-7-11/h4-9H,1-3H3. The minimum Gasteiger partial charge on any atom is -0.469 e. The van der Waals surface area contributed by atoms with E-state index in [1.165, 1.54) is 31.4 Å². The molecule has 3 nitrogen and oxygen atoms in total. The molecule has 0 spiro atoms. The van der Waals surface area contributed by atoms with Crippen LogP contribution in [0.5, 0.6) is 0 Å². The second-order valence-corrected chi connectivity index (χ2v) is 5.58. The molecular formula is C12H15FO3S. The molecule has 0 aromatic heterocycles. The fraction of sp³-hybridized carbons (Fsp3) is 0.417. The van der Waals surface area contributed by atoms with E-state index >= 15 is 0 Å². The van der Waals surface area contributed by atoms with Crippen molar-refractivity contribution in [2.75, 3.05) is 7.11 Å². The third-order valence-corrected chi connectivity index (χ3v) is 4.48. The number of carbonyl (C=O) groups excluding carboxylic acids is 1. The van der Waals surface area contributed by atoms with Gasteiger partial charge in [0.1, 0.15) is 5.82 Å². The van der Waals surface area contributed by atoms with Gasteiger partial charge in [0.2, 0.25) is 0 Å². The normalized spacial score (nSPS) is 16.0. The van der Waals surface area contributed by atoms with Gasteiger partial charge in [-0.15, -0.1) is 0 Å². The van der Waals surface area contributed by atoms with Crippen molar-refractivity contribution in [3.05, 3.63) is 30.1 Å². The molecule has 0 aliphatic carbocycles. The molecule has 94 valence electrons. The first-order valence-electron chi connectivity index (χ1n) is 5.21. The lowest BCUT2D eigenvalue weighted by Crippen LogP contribution is -2.28. The third kappa shape index (κ3) is 3.36. The molecule has 0 bridgehead atoms. The van der Waals surface area contributed by atoms with Crippen LogP contribution in [0.2, 0.25) is 0 Å². The van der Waals surface area contributed by atoms with E-state index in [-0.39, 0.29) is 11.1 Å². The molecule has 0 N–H and O–H groups in total. The summed E-state index contributed by atoms with van der Waals surface area (Å²) >= 11 is 0. The first-order valence-corrected chi connectivity index (χ1v) is 6.42. The number of carbonyl (C=O) groups is 1. The van der Waals surface area contributed by atoms with Crippen LogP contribution in [-0.4, -0.2) is 22.5 Å². The average Bonchev–Trinajstić information content (AvgIpc) is 2.36. The van der Waals surface area contributed by atoms with E-state index in [4.69, 9.17) is 0 Å². The molecule has 1 aromatic carbocycles. The van der Waals surface area contributed by atoms with Gasteiger partial charge in [-0.25, -0.2) is 4.39 Å². The lowest BCUT2D eigenvalue weighted by molar-refractivity contribution is -0.144. The van der Waals surface area contributed by atoms with Gasteiger partial charge in [0, 0.05) is 10.1 Å². The van der Waals surface area contributed by atoms with Crippen molar-refractivity contribution >= 4 is 16.8 Å². The summed E-state index contributed by atoms with van der Waals surface area (Å²) in [6, 6.07) is 5.43. The van der Waals surface area contributed by atoms with Crippen LogP contribution in [0.25, 0.3) is 0 Å². The second kappa shape index (κ2) is 5.91. The van der Waals surface area contributed by atoms with Crippen LogP contribution in [-0.2, 0) is 20.3 Å². The summed E-state index contributed by atoms with van der Waals surface area (Å²) in [5, 5.41) is -0.382. The van der Waals surface area contributed by atoms with E-state index in [2.05, 4.69) is 4.74 Å². The van der Waals surface area contributed by atoms with E-state index < -0.39 is 22.7 Å². The van der Waals surface area contributed by atoms with Crippen LogP contribution in [0.15, 0.2) is 29.2 Å². The molecule has 3 atom stereocenters. The molecule has 17 heavy (non-hydrogen) atoms. The van der Waals surface area contributed by atoms with E-state index in [1.807, 2.05) is 0 Å². The van der Waals surface area contributed by atoms with Gasteiger partial charge in [-0.2, -0.15) is 0 Å². The fourth-order valence-corrected chi connectivity index (χ4v) is 2.66. The quantitative estimate of drug-likeness (QED) is 0.777. The van der Waals surface area contributed by atoms with Crippen LogP contribution in [0.3, 0.4) is 0 Å². The molecular weight excluding hydrogens is 243 g/mol. The topological polar surface area (TPSA) is 43.4 Å². The number of rotatable bonds is 4. The average molecular weight is 258 g/mol. The number of esters is 1. The zero-order chi connectivity index (χ0) is 13.0. The Hall–Kier alpha value is -1.23. The lowest BCUT2D eigenvalue weighted by atomic mass is 10.1. The smallest absolute Gasteiger partial charge is 0.309 e. The Morgan fingerprint density at radius 3 is 2.29 bits per heavy atom. The van der Waals surface area contributed by atoms with E-state index in [0.29, 0.717) is 4.90 Å². The largest absolute Gasteiger partial charge is 0.469 e. The maximum atomic E-state index is 12.7. The maximum Gasteiger partial charge on any atom is 0.309 e. The van der Waals surface area contributed by atoms with Crippen molar-refractivity contribution in [2.24, 2.45) is 5.92 Å². The molecule has 0 heterocycles. The van der Waals surface area contributed by atoms with Crippen molar-refractivity contribution in [1.82, 2.24) is 0 Å². The molecule has 0 aliphatic rings. The van der Waals surface area contributed by atoms with Crippen molar-refractivity contribution in [3.8, 4) is 0 Å². The number of ether oxygens (including phenoxy) is 1. The van der Waals surface area contributed by atoms with Gasteiger partial charge in [-0.1, -0.05) is 6.92 Å². The van der Waals surface area contributed by atoms with Crippen molar-refractivity contribution in [3.63, 3.8) is 0 Å². The lowest BCUT2D eigenvalue weighted by Gasteiger charge is -2.17. The summed E-state index contributed by atoms with van der Waals surface area (Å²) in [4.78, 5) is 11.8. The molecule has 1 rings (SSSR count). The van der Waals surface area contributed by atoms with E-state index in [0.717, 1.165) is 0 Å². The predicted octanol–water partition coefficient (Wildman–Crippen LogP) is 2.13. The first kappa shape index (κ1) is 13.8. The Bertz CT molecular complexity index is 416. The van der Waals surface area contributed by atoms with Crippen molar-refractivity contribution in [1.29, 1.82) is 0 Å². The van der Waals surface area contributed by atoms with Crippen LogP contribution >= 0.6 is 0 Å². The highest BCUT2D eigenvalue weighted by atomic mass is 32.2. The zero-order valence-electron chi connectivity index (χ0n) is 9.98. The van der Waals surface area contributed by atoms with Crippen molar-refractivity contribution < 1.29 is 18.1 Å². The number of halogens is 1. The maximum absolute atomic E-state index is 12.7. The van der Waals surface area contributed by atoms with Crippen LogP contribution < -0.4 is 0 Å². The number of hydrogen-bond donors (Lipinski definition) is 0. The molecule has 0 saturated carbocycles. The Kier molecular flexibility index (Phi) is 4.81. The highest BCUT2D eigenvalue weighted by Crippen LogP contribution is 2.18. The van der Waals surface area contributed by atoms with Gasteiger partial charge in [0.15, 0.2) is 0 Å². The Labute approximate surface area is 102 Å². The summed E-state index contributed by atoms with van der Waals surface area (Å²) in [6.07, 6.45) is 0. The highest BCUT2D eigenvalue weighted by molar-refractivity contribution is 7.85. The molecule has 0 amide bonds. The molecule has 0 fully saturated rings. The summed E-state index contributed by atoms with van der Waals surface area (Å²) in [5.74, 6) is -1.24. The van der Waals surface area contributed by atoms with Gasteiger partial charge >= 0.3 is 5.97 Å². The Balaban J connectivity index is 2.83. The van der Waals surface area contributed by atoms with Gasteiger partial charge in [-0.3, -0.25) is 9.00 Å². The zero-order valence-corrected chi connectivity index (χ0v) is 10.8. The van der Waals surface area contributed by atoms with Crippen molar-refractivity contribution in [2.45, 2.75) is 24.0 Å². The highest BCUT2D eigenvalue weighted by Gasteiger charge is 2.26. The Morgan fingerprint density at radius 2 is 1.82 bits per heavy atom. The van der Waals surface area contributed by atoms with Gasteiger partial charge < -0.3 is 4.74 Å². The molecule has 0 aliphatic heterocycles. The van der Waals surface area contributed by atoms with E-state index in [1.54, 1.807) is 13.8 Å². The predicted molar refractivity (Wildman–Crippen MR) is 63.5 cm³/mol. The minimum absolute atomic E-state index is 0.376. The molecule has 0 saturated heterocycles. The monoisotopic (exact) mass is 258 g/mol. The SMILES string of the molecule is COC(=O)C(C)C(C)S(=O)c1ccc(F)cc1. The first-order chi connectivity index (χ1) is 7.97. The minimum atomic E-state index is -1.36. The number of methoxy groups -OCH3 is 1. The summed E-state index contributed by atoms with van der Waals surface area (Å²) in [5.41, 5.74) is 0. The van der Waals surface area contributed by atoms with E-state index in [9.17, 15) is 13.4 Å². The number of hydrogen-bond acceptors (Lipinski definition) is 3. The third-order valence-electron chi connectivity index (χ3n) is 2.66. The van der Waals surface area contributed by atoms with Crippen LogP contribution in [0.1, 0.15) is 13.8 Å². The molecule has 3 unspecified atom stereocenters. The van der Waals surface area contributed by atoms with Crippen LogP contribution in [0.4, 0.5) is 4.39 Å². The van der Waals surface area contributed by atoms with Gasteiger partial charge in [0.05, 0.1) is 23.8 Å². The second-order valence-electron chi connectivity index (χ2n) is 3.77. The summed E-state index contributed by atoms with van der Waals surface area (Å²) < 4.78 is 29.4. The van der Waals surface area contributed by atoms with Gasteiger partial charge in [0.25, 0.3) is 0 Å². The summed E-state index contributed by atoms with van der Waals surface area (Å²) in [6.45, 7) is 3.37. The van der Waals surface area contributed by atoms with Gasteiger partial charge in [-0.05, 0) is 31.2 Å².